The summed E-state index contributed by atoms with van der Waals surface area (Å²) in [6.45, 7) is 1.81. The first-order valence-corrected chi connectivity index (χ1v) is 5.11. The second-order valence-electron chi connectivity index (χ2n) is 2.85. The molecule has 0 heterocycles. The van der Waals surface area contributed by atoms with Crippen LogP contribution in [-0.4, -0.2) is 18.3 Å². The molecule has 1 unspecified atom stereocenters. The topological polar surface area (TPSA) is 52.3 Å². The second kappa shape index (κ2) is 4.91. The summed E-state index contributed by atoms with van der Waals surface area (Å²) in [4.78, 5) is 12.1. The summed E-state index contributed by atoms with van der Waals surface area (Å²) in [5.41, 5.74) is 6.26. The van der Waals surface area contributed by atoms with E-state index in [0.717, 1.165) is 10.6 Å². The van der Waals surface area contributed by atoms with Crippen LogP contribution in [0.15, 0.2) is 29.2 Å². The van der Waals surface area contributed by atoms with E-state index in [9.17, 15) is 4.79 Å². The number of esters is 1. The Morgan fingerprint density at radius 3 is 2.50 bits per heavy atom. The number of ether oxygens (including phenoxy) is 1. The second-order valence-corrected chi connectivity index (χ2v) is 4.27. The van der Waals surface area contributed by atoms with Crippen LogP contribution in [0.3, 0.4) is 0 Å². The zero-order valence-electron chi connectivity index (χ0n) is 8.19. The molecule has 1 aromatic rings. The van der Waals surface area contributed by atoms with Gasteiger partial charge in [-0.2, -0.15) is 0 Å². The Morgan fingerprint density at radius 1 is 1.43 bits per heavy atom. The van der Waals surface area contributed by atoms with E-state index >= 15 is 0 Å². The minimum Gasteiger partial charge on any atom is -0.468 e. The standard InChI is InChI=1S/C10H13NO2S/c1-7(10(12)13-2)14-9-5-3-8(11)4-6-9/h3-7H,11H2,1-2H3. The maximum absolute atomic E-state index is 11.1. The molecule has 0 spiro atoms. The number of methoxy groups -OCH3 is 1. The van der Waals surface area contributed by atoms with E-state index in [1.54, 1.807) is 0 Å². The van der Waals surface area contributed by atoms with E-state index in [2.05, 4.69) is 4.74 Å². The van der Waals surface area contributed by atoms with E-state index in [0.29, 0.717) is 0 Å². The van der Waals surface area contributed by atoms with Crippen LogP contribution in [0.25, 0.3) is 0 Å². The molecule has 1 rings (SSSR count). The van der Waals surface area contributed by atoms with Crippen molar-refractivity contribution in [1.82, 2.24) is 0 Å². The van der Waals surface area contributed by atoms with E-state index in [4.69, 9.17) is 5.73 Å². The molecular weight excluding hydrogens is 198 g/mol. The van der Waals surface area contributed by atoms with E-state index < -0.39 is 0 Å². The van der Waals surface area contributed by atoms with Crippen molar-refractivity contribution in [3.05, 3.63) is 24.3 Å². The van der Waals surface area contributed by atoms with Crippen molar-refractivity contribution in [2.75, 3.05) is 12.8 Å². The van der Waals surface area contributed by atoms with Gasteiger partial charge in [0.05, 0.1) is 7.11 Å². The zero-order chi connectivity index (χ0) is 10.6. The predicted octanol–water partition coefficient (Wildman–Crippen LogP) is 1.92. The van der Waals surface area contributed by atoms with Crippen LogP contribution < -0.4 is 5.73 Å². The molecule has 0 aliphatic rings. The van der Waals surface area contributed by atoms with E-state index in [1.165, 1.54) is 18.9 Å². The van der Waals surface area contributed by atoms with Gasteiger partial charge in [-0.1, -0.05) is 0 Å². The van der Waals surface area contributed by atoms with Crippen molar-refractivity contribution >= 4 is 23.4 Å². The number of thioether (sulfide) groups is 1. The Labute approximate surface area is 87.6 Å². The first-order valence-electron chi connectivity index (χ1n) is 4.23. The summed E-state index contributed by atoms with van der Waals surface area (Å²) >= 11 is 1.45. The fraction of sp³-hybridized carbons (Fsp3) is 0.300. The third kappa shape index (κ3) is 2.96. The van der Waals surface area contributed by atoms with Crippen molar-refractivity contribution in [2.45, 2.75) is 17.1 Å². The van der Waals surface area contributed by atoms with Crippen LogP contribution in [0.2, 0.25) is 0 Å². The highest BCUT2D eigenvalue weighted by molar-refractivity contribution is 8.00. The maximum atomic E-state index is 11.1. The molecular formula is C10H13NO2S. The number of rotatable bonds is 3. The van der Waals surface area contributed by atoms with Crippen molar-refractivity contribution in [1.29, 1.82) is 0 Å². The van der Waals surface area contributed by atoms with Crippen LogP contribution in [0.4, 0.5) is 5.69 Å². The monoisotopic (exact) mass is 211 g/mol. The fourth-order valence-electron chi connectivity index (χ4n) is 0.965. The largest absolute Gasteiger partial charge is 0.468 e. The van der Waals surface area contributed by atoms with Gasteiger partial charge in [-0.15, -0.1) is 11.8 Å². The van der Waals surface area contributed by atoms with E-state index in [1.807, 2.05) is 31.2 Å². The Bertz CT molecular complexity index is 310. The van der Waals surface area contributed by atoms with Gasteiger partial charge in [0.1, 0.15) is 5.25 Å². The summed E-state index contributed by atoms with van der Waals surface area (Å²) in [5.74, 6) is -0.216. The Morgan fingerprint density at radius 2 is 2.00 bits per heavy atom. The first-order chi connectivity index (χ1) is 6.63. The molecule has 0 amide bonds. The third-order valence-electron chi connectivity index (χ3n) is 1.73. The first kappa shape index (κ1) is 10.9. The average molecular weight is 211 g/mol. The number of hydrogen-bond donors (Lipinski definition) is 1. The fourth-order valence-corrected chi connectivity index (χ4v) is 1.86. The van der Waals surface area contributed by atoms with Gasteiger partial charge in [0.15, 0.2) is 0 Å². The molecule has 0 aliphatic carbocycles. The van der Waals surface area contributed by atoms with Crippen LogP contribution in [0.1, 0.15) is 6.92 Å². The molecule has 0 saturated heterocycles. The Balaban J connectivity index is 2.60. The normalized spacial score (nSPS) is 12.1. The quantitative estimate of drug-likeness (QED) is 0.471. The highest BCUT2D eigenvalue weighted by atomic mass is 32.2. The van der Waals surface area contributed by atoms with Gasteiger partial charge in [-0.3, -0.25) is 4.79 Å². The Hall–Kier alpha value is -1.16. The molecule has 14 heavy (non-hydrogen) atoms. The van der Waals surface area contributed by atoms with Gasteiger partial charge in [0.2, 0.25) is 0 Å². The van der Waals surface area contributed by atoms with Gasteiger partial charge in [-0.05, 0) is 31.2 Å². The summed E-state index contributed by atoms with van der Waals surface area (Å²) < 4.78 is 4.62. The molecule has 1 aromatic carbocycles. The molecule has 2 N–H and O–H groups in total. The molecule has 1 atom stereocenters. The summed E-state index contributed by atoms with van der Waals surface area (Å²) in [7, 11) is 1.39. The molecule has 0 aromatic heterocycles. The number of carbonyl (C=O) groups is 1. The van der Waals surface area contributed by atoms with Crippen molar-refractivity contribution in [3.8, 4) is 0 Å². The minimum atomic E-state index is -0.216. The van der Waals surface area contributed by atoms with Gasteiger partial charge >= 0.3 is 5.97 Å². The Kier molecular flexibility index (Phi) is 3.83. The number of carbonyl (C=O) groups excluding carboxylic acids is 1. The molecule has 0 radical (unpaired) electrons. The van der Waals surface area contributed by atoms with Crippen LogP contribution >= 0.6 is 11.8 Å². The van der Waals surface area contributed by atoms with Crippen molar-refractivity contribution in [3.63, 3.8) is 0 Å². The lowest BCUT2D eigenvalue weighted by atomic mass is 10.3. The van der Waals surface area contributed by atoms with Gasteiger partial charge in [0, 0.05) is 10.6 Å². The summed E-state index contributed by atoms with van der Waals surface area (Å²) in [6, 6.07) is 7.40. The van der Waals surface area contributed by atoms with Crippen molar-refractivity contribution < 1.29 is 9.53 Å². The maximum Gasteiger partial charge on any atom is 0.318 e. The van der Waals surface area contributed by atoms with Gasteiger partial charge < -0.3 is 10.5 Å². The molecule has 0 fully saturated rings. The predicted molar refractivity (Wildman–Crippen MR) is 58.2 cm³/mol. The summed E-state index contributed by atoms with van der Waals surface area (Å²) in [5, 5.41) is -0.191. The molecule has 0 aliphatic heterocycles. The lowest BCUT2D eigenvalue weighted by Gasteiger charge is -2.08. The number of anilines is 1. The number of hydrogen-bond acceptors (Lipinski definition) is 4. The lowest BCUT2D eigenvalue weighted by molar-refractivity contribution is -0.139. The smallest absolute Gasteiger partial charge is 0.318 e. The lowest BCUT2D eigenvalue weighted by Crippen LogP contribution is -2.14. The molecule has 0 bridgehead atoms. The highest BCUT2D eigenvalue weighted by Gasteiger charge is 2.13. The summed E-state index contributed by atoms with van der Waals surface area (Å²) in [6.07, 6.45) is 0. The molecule has 4 heteroatoms. The van der Waals surface area contributed by atoms with Crippen LogP contribution in [0.5, 0.6) is 0 Å². The average Bonchev–Trinajstić information content (AvgIpc) is 2.20. The van der Waals surface area contributed by atoms with Crippen molar-refractivity contribution in [2.24, 2.45) is 0 Å². The molecule has 76 valence electrons. The zero-order valence-corrected chi connectivity index (χ0v) is 9.01. The third-order valence-corrected chi connectivity index (χ3v) is 2.82. The number of nitrogen functional groups attached to an aromatic ring is 1. The van der Waals surface area contributed by atoms with Gasteiger partial charge in [-0.25, -0.2) is 0 Å². The molecule has 0 saturated carbocycles. The number of nitrogens with two attached hydrogens (primary N) is 1. The highest BCUT2D eigenvalue weighted by Crippen LogP contribution is 2.24. The SMILES string of the molecule is COC(=O)C(C)Sc1ccc(N)cc1. The van der Waals surface area contributed by atoms with Gasteiger partial charge in [0.25, 0.3) is 0 Å². The molecule has 3 nitrogen and oxygen atoms in total. The van der Waals surface area contributed by atoms with Crippen LogP contribution in [-0.2, 0) is 9.53 Å². The number of benzene rings is 1. The van der Waals surface area contributed by atoms with Crippen LogP contribution in [0, 0.1) is 0 Å². The minimum absolute atomic E-state index is 0.191. The van der Waals surface area contributed by atoms with E-state index in [-0.39, 0.29) is 11.2 Å².